The van der Waals surface area contributed by atoms with Crippen LogP contribution in [0.5, 0.6) is 0 Å². The second kappa shape index (κ2) is 6.61. The number of carboxylic acid groups (broad SMARTS) is 1. The van der Waals surface area contributed by atoms with Crippen molar-refractivity contribution in [2.75, 3.05) is 39.0 Å². The van der Waals surface area contributed by atoms with E-state index in [1.807, 2.05) is 0 Å². The highest BCUT2D eigenvalue weighted by Gasteiger charge is 2.52. The SMILES string of the molecule is CS(=O)(=O)N(CC(=O)O)CC1CN(C(=O)C2CC2C2CC2)CCO1. The first-order valence-corrected chi connectivity index (χ1v) is 10.2. The topological polar surface area (TPSA) is 104 Å². The van der Waals surface area contributed by atoms with Gasteiger partial charge in [0.2, 0.25) is 15.9 Å². The standard InChI is InChI=1S/C15H24N2O6S/c1-24(21,22)17(9-14(18)19)8-11-7-16(4-5-23-11)15(20)13-6-12(13)10-2-3-10/h10-13H,2-9H2,1H3,(H,18,19). The third-order valence-corrected chi connectivity index (χ3v) is 6.24. The third kappa shape index (κ3) is 4.25. The van der Waals surface area contributed by atoms with Crippen LogP contribution in [0.3, 0.4) is 0 Å². The lowest BCUT2D eigenvalue weighted by molar-refractivity contribution is -0.142. The van der Waals surface area contributed by atoms with Crippen molar-refractivity contribution in [3.8, 4) is 0 Å². The number of hydrogen-bond donors (Lipinski definition) is 1. The Morgan fingerprint density at radius 2 is 2.04 bits per heavy atom. The Labute approximate surface area is 141 Å². The maximum absolute atomic E-state index is 12.6. The van der Waals surface area contributed by atoms with Gasteiger partial charge in [-0.05, 0) is 31.1 Å². The van der Waals surface area contributed by atoms with Gasteiger partial charge in [0.25, 0.3) is 0 Å². The summed E-state index contributed by atoms with van der Waals surface area (Å²) in [7, 11) is -3.64. The Morgan fingerprint density at radius 1 is 1.33 bits per heavy atom. The number of ether oxygens (including phenoxy) is 1. The number of hydrogen-bond acceptors (Lipinski definition) is 5. The zero-order chi connectivity index (χ0) is 17.5. The number of carbonyl (C=O) groups is 2. The maximum atomic E-state index is 12.6. The lowest BCUT2D eigenvalue weighted by atomic mass is 10.2. The second-order valence-corrected chi connectivity index (χ2v) is 9.05. The second-order valence-electron chi connectivity index (χ2n) is 7.07. The summed E-state index contributed by atoms with van der Waals surface area (Å²) < 4.78 is 29.9. The average molecular weight is 360 g/mol. The van der Waals surface area contributed by atoms with E-state index < -0.39 is 28.6 Å². The molecule has 3 rings (SSSR count). The van der Waals surface area contributed by atoms with Crippen LogP contribution in [-0.4, -0.2) is 79.8 Å². The lowest BCUT2D eigenvalue weighted by Crippen LogP contribution is -2.51. The van der Waals surface area contributed by atoms with E-state index in [2.05, 4.69) is 0 Å². The van der Waals surface area contributed by atoms with Crippen molar-refractivity contribution >= 4 is 21.9 Å². The van der Waals surface area contributed by atoms with E-state index in [9.17, 15) is 18.0 Å². The van der Waals surface area contributed by atoms with Crippen molar-refractivity contribution < 1.29 is 27.9 Å². The summed E-state index contributed by atoms with van der Waals surface area (Å²) in [5.74, 6) is 0.324. The fourth-order valence-corrected chi connectivity index (χ4v) is 4.29. The summed E-state index contributed by atoms with van der Waals surface area (Å²) in [6.45, 7) is 0.534. The summed E-state index contributed by atoms with van der Waals surface area (Å²) in [6.07, 6.45) is 3.93. The van der Waals surface area contributed by atoms with Gasteiger partial charge in [-0.3, -0.25) is 9.59 Å². The Bertz CT molecular complexity index is 617. The number of rotatable bonds is 7. The molecule has 0 aromatic heterocycles. The molecule has 2 aliphatic carbocycles. The Hall–Kier alpha value is -1.19. The van der Waals surface area contributed by atoms with Gasteiger partial charge in [-0.1, -0.05) is 0 Å². The molecular weight excluding hydrogens is 336 g/mol. The molecule has 0 aromatic carbocycles. The summed E-state index contributed by atoms with van der Waals surface area (Å²) >= 11 is 0. The van der Waals surface area contributed by atoms with E-state index in [1.54, 1.807) is 4.90 Å². The monoisotopic (exact) mass is 360 g/mol. The van der Waals surface area contributed by atoms with Crippen LogP contribution in [0.15, 0.2) is 0 Å². The summed E-state index contributed by atoms with van der Waals surface area (Å²) in [5, 5.41) is 8.87. The molecule has 0 bridgehead atoms. The van der Waals surface area contributed by atoms with Gasteiger partial charge in [-0.15, -0.1) is 0 Å². The van der Waals surface area contributed by atoms with Gasteiger partial charge in [0.1, 0.15) is 6.54 Å². The van der Waals surface area contributed by atoms with E-state index in [-0.39, 0.29) is 18.4 Å². The van der Waals surface area contributed by atoms with Crippen molar-refractivity contribution in [1.29, 1.82) is 0 Å². The van der Waals surface area contributed by atoms with Gasteiger partial charge in [0, 0.05) is 25.6 Å². The molecule has 8 nitrogen and oxygen atoms in total. The van der Waals surface area contributed by atoms with Gasteiger partial charge in [0.15, 0.2) is 0 Å². The molecular formula is C15H24N2O6S. The molecule has 3 atom stereocenters. The molecule has 1 N–H and O–H groups in total. The predicted molar refractivity (Wildman–Crippen MR) is 84.7 cm³/mol. The van der Waals surface area contributed by atoms with Crippen molar-refractivity contribution in [3.05, 3.63) is 0 Å². The number of amides is 1. The Morgan fingerprint density at radius 3 is 2.62 bits per heavy atom. The largest absolute Gasteiger partial charge is 0.480 e. The van der Waals surface area contributed by atoms with Crippen molar-refractivity contribution in [2.24, 2.45) is 17.8 Å². The minimum Gasteiger partial charge on any atom is -0.480 e. The summed E-state index contributed by atoms with van der Waals surface area (Å²) in [4.78, 5) is 25.2. The number of aliphatic carboxylic acids is 1. The quantitative estimate of drug-likeness (QED) is 0.663. The third-order valence-electron chi connectivity index (χ3n) is 5.02. The highest BCUT2D eigenvalue weighted by atomic mass is 32.2. The zero-order valence-corrected chi connectivity index (χ0v) is 14.6. The van der Waals surface area contributed by atoms with Crippen LogP contribution < -0.4 is 0 Å². The van der Waals surface area contributed by atoms with Gasteiger partial charge in [-0.2, -0.15) is 4.31 Å². The van der Waals surface area contributed by atoms with Gasteiger partial charge < -0.3 is 14.7 Å². The minimum absolute atomic E-state index is 0.0500. The van der Waals surface area contributed by atoms with Crippen LogP contribution in [0.2, 0.25) is 0 Å². The van der Waals surface area contributed by atoms with E-state index in [1.165, 1.54) is 12.8 Å². The van der Waals surface area contributed by atoms with Crippen molar-refractivity contribution in [3.63, 3.8) is 0 Å². The van der Waals surface area contributed by atoms with Crippen LogP contribution in [0.25, 0.3) is 0 Å². The molecule has 3 aliphatic rings. The average Bonchev–Trinajstić information content (AvgIpc) is 3.36. The van der Waals surface area contributed by atoms with Crippen LogP contribution in [0.1, 0.15) is 19.3 Å². The first kappa shape index (κ1) is 17.6. The van der Waals surface area contributed by atoms with Crippen LogP contribution >= 0.6 is 0 Å². The number of nitrogens with zero attached hydrogens (tertiary/aromatic N) is 2. The number of sulfonamides is 1. The first-order valence-electron chi connectivity index (χ1n) is 8.33. The molecule has 3 fully saturated rings. The number of morpholine rings is 1. The molecule has 2 saturated carbocycles. The van der Waals surface area contributed by atoms with Crippen molar-refractivity contribution in [2.45, 2.75) is 25.4 Å². The molecule has 0 radical (unpaired) electrons. The Kier molecular flexibility index (Phi) is 4.85. The summed E-state index contributed by atoms with van der Waals surface area (Å²) in [6, 6.07) is 0. The molecule has 1 heterocycles. The van der Waals surface area contributed by atoms with Crippen LogP contribution in [0, 0.1) is 17.8 Å². The van der Waals surface area contributed by atoms with Gasteiger partial charge in [-0.25, -0.2) is 8.42 Å². The molecule has 9 heteroatoms. The maximum Gasteiger partial charge on any atom is 0.318 e. The zero-order valence-electron chi connectivity index (χ0n) is 13.8. The fraction of sp³-hybridized carbons (Fsp3) is 0.867. The van der Waals surface area contributed by atoms with Gasteiger partial charge in [0.05, 0.1) is 19.0 Å². The molecule has 3 unspecified atom stereocenters. The molecule has 0 spiro atoms. The highest BCUT2D eigenvalue weighted by molar-refractivity contribution is 7.88. The molecule has 0 aromatic rings. The van der Waals surface area contributed by atoms with Crippen molar-refractivity contribution in [1.82, 2.24) is 9.21 Å². The molecule has 136 valence electrons. The lowest BCUT2D eigenvalue weighted by Gasteiger charge is -2.35. The smallest absolute Gasteiger partial charge is 0.318 e. The predicted octanol–water partition coefficient (Wildman–Crippen LogP) is -0.394. The number of carboxylic acids is 1. The Balaban J connectivity index is 1.56. The van der Waals surface area contributed by atoms with E-state index in [0.29, 0.717) is 25.6 Å². The molecule has 1 amide bonds. The summed E-state index contributed by atoms with van der Waals surface area (Å²) in [5.41, 5.74) is 0. The van der Waals surface area contributed by atoms with E-state index in [4.69, 9.17) is 9.84 Å². The first-order chi connectivity index (χ1) is 11.3. The van der Waals surface area contributed by atoms with E-state index >= 15 is 0 Å². The molecule has 24 heavy (non-hydrogen) atoms. The van der Waals surface area contributed by atoms with Crippen LogP contribution in [-0.2, 0) is 24.3 Å². The highest BCUT2D eigenvalue weighted by Crippen LogP contribution is 2.54. The minimum atomic E-state index is -3.64. The van der Waals surface area contributed by atoms with Gasteiger partial charge >= 0.3 is 5.97 Å². The number of carbonyl (C=O) groups excluding carboxylic acids is 1. The molecule has 1 aliphatic heterocycles. The van der Waals surface area contributed by atoms with E-state index in [0.717, 1.165) is 22.9 Å². The normalized spacial score (nSPS) is 30.4. The van der Waals surface area contributed by atoms with Crippen LogP contribution in [0.4, 0.5) is 0 Å². The fourth-order valence-electron chi connectivity index (χ4n) is 3.50. The molecule has 1 saturated heterocycles.